The summed E-state index contributed by atoms with van der Waals surface area (Å²) in [6, 6.07) is 0.674. The van der Waals surface area contributed by atoms with Crippen molar-refractivity contribution in [2.45, 2.75) is 38.1 Å². The Labute approximate surface area is 79.9 Å². The highest BCUT2D eigenvalue weighted by molar-refractivity contribution is 7.99. The van der Waals surface area contributed by atoms with Gasteiger partial charge < -0.3 is 10.6 Å². The SMILES string of the molecule is CCCC(C)NC1CNCCS1. The molecule has 1 saturated heterocycles. The summed E-state index contributed by atoms with van der Waals surface area (Å²) in [4.78, 5) is 0. The lowest BCUT2D eigenvalue weighted by Gasteiger charge is -2.26. The van der Waals surface area contributed by atoms with Gasteiger partial charge in [0, 0.05) is 24.9 Å². The van der Waals surface area contributed by atoms with Crippen molar-refractivity contribution in [3.8, 4) is 0 Å². The van der Waals surface area contributed by atoms with Crippen molar-refractivity contribution in [2.24, 2.45) is 0 Å². The van der Waals surface area contributed by atoms with Gasteiger partial charge in [-0.2, -0.15) is 0 Å². The Bertz CT molecular complexity index is 113. The molecule has 0 bridgehead atoms. The third-order valence-corrected chi connectivity index (χ3v) is 3.26. The molecule has 1 fully saturated rings. The molecule has 72 valence electrons. The van der Waals surface area contributed by atoms with Crippen LogP contribution in [-0.4, -0.2) is 30.3 Å². The highest BCUT2D eigenvalue weighted by Crippen LogP contribution is 2.11. The summed E-state index contributed by atoms with van der Waals surface area (Å²) in [5.74, 6) is 1.25. The summed E-state index contributed by atoms with van der Waals surface area (Å²) in [6.07, 6.45) is 2.57. The Balaban J connectivity index is 2.11. The maximum Gasteiger partial charge on any atom is 0.0661 e. The fourth-order valence-corrected chi connectivity index (χ4v) is 2.62. The molecule has 0 aromatic carbocycles. The second-order valence-electron chi connectivity index (χ2n) is 3.42. The van der Waals surface area contributed by atoms with Crippen molar-refractivity contribution in [3.05, 3.63) is 0 Å². The van der Waals surface area contributed by atoms with Crippen molar-refractivity contribution in [3.63, 3.8) is 0 Å². The van der Waals surface area contributed by atoms with Gasteiger partial charge in [-0.3, -0.25) is 0 Å². The number of hydrogen-bond donors (Lipinski definition) is 2. The van der Waals surface area contributed by atoms with E-state index in [2.05, 4.69) is 24.5 Å². The lowest BCUT2D eigenvalue weighted by molar-refractivity contribution is 0.474. The van der Waals surface area contributed by atoms with Gasteiger partial charge in [0.2, 0.25) is 0 Å². The normalized spacial score (nSPS) is 27.0. The molecule has 3 heteroatoms. The Hall–Kier alpha value is 0.270. The summed E-state index contributed by atoms with van der Waals surface area (Å²) in [6.45, 7) is 6.81. The van der Waals surface area contributed by atoms with Gasteiger partial charge in [0.15, 0.2) is 0 Å². The van der Waals surface area contributed by atoms with Crippen LogP contribution < -0.4 is 10.6 Å². The van der Waals surface area contributed by atoms with Crippen LogP contribution in [0, 0.1) is 0 Å². The van der Waals surface area contributed by atoms with Crippen LogP contribution >= 0.6 is 11.8 Å². The maximum absolute atomic E-state index is 3.62. The molecule has 0 aromatic heterocycles. The lowest BCUT2D eigenvalue weighted by Crippen LogP contribution is -2.45. The highest BCUT2D eigenvalue weighted by Gasteiger charge is 2.14. The van der Waals surface area contributed by atoms with Crippen molar-refractivity contribution >= 4 is 11.8 Å². The standard InChI is InChI=1S/C9H20N2S/c1-3-4-8(2)11-9-7-10-5-6-12-9/h8-11H,3-7H2,1-2H3. The second kappa shape index (κ2) is 5.84. The first-order valence-electron chi connectivity index (χ1n) is 4.91. The number of nitrogens with one attached hydrogen (secondary N) is 2. The molecule has 1 aliphatic heterocycles. The first kappa shape index (κ1) is 10.4. The van der Waals surface area contributed by atoms with Gasteiger partial charge in [0.25, 0.3) is 0 Å². The Morgan fingerprint density at radius 3 is 3.08 bits per heavy atom. The maximum atomic E-state index is 3.62. The van der Waals surface area contributed by atoms with Gasteiger partial charge in [0.1, 0.15) is 0 Å². The van der Waals surface area contributed by atoms with E-state index in [1.54, 1.807) is 0 Å². The molecule has 1 rings (SSSR count). The van der Waals surface area contributed by atoms with Crippen LogP contribution in [0.1, 0.15) is 26.7 Å². The third kappa shape index (κ3) is 3.78. The average molecular weight is 188 g/mol. The Kier molecular flexibility index (Phi) is 5.04. The first-order valence-corrected chi connectivity index (χ1v) is 5.96. The largest absolute Gasteiger partial charge is 0.314 e. The van der Waals surface area contributed by atoms with Gasteiger partial charge in [0.05, 0.1) is 5.37 Å². The zero-order chi connectivity index (χ0) is 8.81. The van der Waals surface area contributed by atoms with Crippen LogP contribution in [0.5, 0.6) is 0 Å². The van der Waals surface area contributed by atoms with E-state index in [1.165, 1.54) is 25.1 Å². The summed E-state index contributed by atoms with van der Waals surface area (Å²) in [5.41, 5.74) is 0. The van der Waals surface area contributed by atoms with E-state index in [0.29, 0.717) is 11.4 Å². The average Bonchev–Trinajstić information content (AvgIpc) is 2.06. The van der Waals surface area contributed by atoms with Gasteiger partial charge in [-0.1, -0.05) is 13.3 Å². The van der Waals surface area contributed by atoms with E-state index in [9.17, 15) is 0 Å². The molecule has 2 N–H and O–H groups in total. The van der Waals surface area contributed by atoms with E-state index >= 15 is 0 Å². The molecular weight excluding hydrogens is 168 g/mol. The molecule has 2 atom stereocenters. The van der Waals surface area contributed by atoms with Crippen LogP contribution in [0.3, 0.4) is 0 Å². The van der Waals surface area contributed by atoms with Crippen LogP contribution in [-0.2, 0) is 0 Å². The van der Waals surface area contributed by atoms with Gasteiger partial charge >= 0.3 is 0 Å². The minimum Gasteiger partial charge on any atom is -0.314 e. The van der Waals surface area contributed by atoms with E-state index in [1.807, 2.05) is 11.8 Å². The van der Waals surface area contributed by atoms with Crippen LogP contribution in [0.4, 0.5) is 0 Å². The van der Waals surface area contributed by atoms with E-state index in [-0.39, 0.29) is 0 Å². The number of hydrogen-bond acceptors (Lipinski definition) is 3. The van der Waals surface area contributed by atoms with E-state index in [4.69, 9.17) is 0 Å². The number of rotatable bonds is 4. The lowest BCUT2D eigenvalue weighted by atomic mass is 10.2. The van der Waals surface area contributed by atoms with E-state index in [0.717, 1.165) is 6.54 Å². The fraction of sp³-hybridized carbons (Fsp3) is 1.00. The minimum absolute atomic E-state index is 0.639. The van der Waals surface area contributed by atoms with Crippen LogP contribution in [0.25, 0.3) is 0 Å². The van der Waals surface area contributed by atoms with Gasteiger partial charge in [-0.05, 0) is 13.3 Å². The topological polar surface area (TPSA) is 24.1 Å². The molecule has 1 heterocycles. The van der Waals surface area contributed by atoms with Gasteiger partial charge in [-0.15, -0.1) is 11.8 Å². The third-order valence-electron chi connectivity index (χ3n) is 2.12. The predicted molar refractivity (Wildman–Crippen MR) is 56.6 cm³/mol. The molecular formula is C9H20N2S. The smallest absolute Gasteiger partial charge is 0.0661 e. The molecule has 2 nitrogen and oxygen atoms in total. The Morgan fingerprint density at radius 1 is 1.67 bits per heavy atom. The molecule has 0 radical (unpaired) electrons. The molecule has 0 aliphatic carbocycles. The molecule has 0 aromatic rings. The number of thioether (sulfide) groups is 1. The minimum atomic E-state index is 0.639. The molecule has 12 heavy (non-hydrogen) atoms. The van der Waals surface area contributed by atoms with E-state index < -0.39 is 0 Å². The highest BCUT2D eigenvalue weighted by atomic mass is 32.2. The summed E-state index contributed by atoms with van der Waals surface area (Å²) < 4.78 is 0. The van der Waals surface area contributed by atoms with Crippen molar-refractivity contribution in [1.29, 1.82) is 0 Å². The van der Waals surface area contributed by atoms with Crippen LogP contribution in [0.15, 0.2) is 0 Å². The molecule has 2 unspecified atom stereocenters. The van der Waals surface area contributed by atoms with Gasteiger partial charge in [-0.25, -0.2) is 0 Å². The summed E-state index contributed by atoms with van der Waals surface area (Å²) in [7, 11) is 0. The zero-order valence-corrected chi connectivity index (χ0v) is 8.91. The van der Waals surface area contributed by atoms with Crippen molar-refractivity contribution < 1.29 is 0 Å². The van der Waals surface area contributed by atoms with Crippen LogP contribution in [0.2, 0.25) is 0 Å². The molecule has 1 aliphatic rings. The summed E-state index contributed by atoms with van der Waals surface area (Å²) >= 11 is 2.04. The van der Waals surface area contributed by atoms with Crippen molar-refractivity contribution in [2.75, 3.05) is 18.8 Å². The Morgan fingerprint density at radius 2 is 2.50 bits per heavy atom. The monoisotopic (exact) mass is 188 g/mol. The predicted octanol–water partition coefficient (Wildman–Crippen LogP) is 1.43. The fourth-order valence-electron chi connectivity index (χ4n) is 1.51. The molecule has 0 amide bonds. The zero-order valence-electron chi connectivity index (χ0n) is 8.10. The second-order valence-corrected chi connectivity index (χ2v) is 4.73. The molecule has 0 spiro atoms. The quantitative estimate of drug-likeness (QED) is 0.698. The summed E-state index contributed by atoms with van der Waals surface area (Å²) in [5, 5.41) is 7.66. The molecule has 0 saturated carbocycles. The van der Waals surface area contributed by atoms with Crippen molar-refractivity contribution in [1.82, 2.24) is 10.6 Å². The first-order chi connectivity index (χ1) is 5.83.